The fraction of sp³-hybridized carbons (Fsp3) is 0.611. The second kappa shape index (κ2) is 6.43. The number of carbonyl (C=O) groups excluding carboxylic acids is 1. The summed E-state index contributed by atoms with van der Waals surface area (Å²) in [4.78, 5) is 12.2. The van der Waals surface area contributed by atoms with Crippen molar-refractivity contribution in [2.75, 3.05) is 6.54 Å². The molecule has 0 saturated heterocycles. The summed E-state index contributed by atoms with van der Waals surface area (Å²) in [7, 11) is 0. The second-order valence-electron chi connectivity index (χ2n) is 6.65. The van der Waals surface area contributed by atoms with Crippen LogP contribution in [-0.2, 0) is 0 Å². The third-order valence-electron chi connectivity index (χ3n) is 5.20. The lowest BCUT2D eigenvalue weighted by Crippen LogP contribution is -2.41. The molecule has 0 radical (unpaired) electrons. The van der Waals surface area contributed by atoms with Crippen molar-refractivity contribution in [3.8, 4) is 0 Å². The van der Waals surface area contributed by atoms with Gasteiger partial charge >= 0.3 is 0 Å². The zero-order chi connectivity index (χ0) is 14.6. The zero-order valence-electron chi connectivity index (χ0n) is 13.0. The van der Waals surface area contributed by atoms with Gasteiger partial charge < -0.3 is 5.32 Å². The van der Waals surface area contributed by atoms with Crippen LogP contribution in [0.15, 0.2) is 30.3 Å². The molecule has 1 unspecified atom stereocenters. The van der Waals surface area contributed by atoms with E-state index in [0.717, 1.165) is 12.1 Å². The van der Waals surface area contributed by atoms with E-state index in [2.05, 4.69) is 26.1 Å². The number of benzene rings is 1. The summed E-state index contributed by atoms with van der Waals surface area (Å²) in [6.45, 7) is 7.76. The Morgan fingerprint density at radius 1 is 1.15 bits per heavy atom. The van der Waals surface area contributed by atoms with Gasteiger partial charge in [0.1, 0.15) is 0 Å². The molecule has 1 aromatic carbocycles. The first kappa shape index (κ1) is 15.1. The van der Waals surface area contributed by atoms with Crippen LogP contribution in [0.4, 0.5) is 0 Å². The fourth-order valence-corrected chi connectivity index (χ4v) is 3.53. The first-order chi connectivity index (χ1) is 9.55. The second-order valence-corrected chi connectivity index (χ2v) is 6.65. The molecule has 0 bridgehead atoms. The van der Waals surface area contributed by atoms with E-state index in [4.69, 9.17) is 0 Å². The maximum absolute atomic E-state index is 12.2. The smallest absolute Gasteiger partial charge is 0.251 e. The number of carbonyl (C=O) groups is 1. The molecule has 2 nitrogen and oxygen atoms in total. The Kier molecular flexibility index (Phi) is 4.85. The molecule has 1 aliphatic carbocycles. The summed E-state index contributed by atoms with van der Waals surface area (Å²) < 4.78 is 0. The average Bonchev–Trinajstić information content (AvgIpc) is 2.94. The minimum atomic E-state index is 0.0628. The Morgan fingerprint density at radius 3 is 2.30 bits per heavy atom. The van der Waals surface area contributed by atoms with E-state index in [9.17, 15) is 4.79 Å². The highest BCUT2D eigenvalue weighted by atomic mass is 16.1. The molecule has 1 N–H and O–H groups in total. The normalized spacial score (nSPS) is 19.0. The van der Waals surface area contributed by atoms with Crippen molar-refractivity contribution in [1.82, 2.24) is 5.32 Å². The monoisotopic (exact) mass is 273 g/mol. The van der Waals surface area contributed by atoms with Gasteiger partial charge in [0.25, 0.3) is 5.91 Å². The van der Waals surface area contributed by atoms with Gasteiger partial charge in [-0.1, -0.05) is 51.8 Å². The topological polar surface area (TPSA) is 29.1 Å². The van der Waals surface area contributed by atoms with Crippen molar-refractivity contribution < 1.29 is 4.79 Å². The number of hydrogen-bond acceptors (Lipinski definition) is 1. The van der Waals surface area contributed by atoms with Gasteiger partial charge in [0.05, 0.1) is 0 Å². The fourth-order valence-electron chi connectivity index (χ4n) is 3.53. The number of hydrogen-bond donors (Lipinski definition) is 1. The largest absolute Gasteiger partial charge is 0.351 e. The third-order valence-corrected chi connectivity index (χ3v) is 5.20. The van der Waals surface area contributed by atoms with Crippen LogP contribution < -0.4 is 5.32 Å². The quantitative estimate of drug-likeness (QED) is 0.853. The Hall–Kier alpha value is -1.31. The molecule has 0 aromatic heterocycles. The highest BCUT2D eigenvalue weighted by Gasteiger charge is 2.40. The van der Waals surface area contributed by atoms with Gasteiger partial charge in [-0.2, -0.15) is 0 Å². The summed E-state index contributed by atoms with van der Waals surface area (Å²) in [5.41, 5.74) is 1.07. The van der Waals surface area contributed by atoms with Crippen molar-refractivity contribution in [3.05, 3.63) is 35.9 Å². The molecule has 0 aliphatic heterocycles. The predicted molar refractivity (Wildman–Crippen MR) is 83.7 cm³/mol. The lowest BCUT2D eigenvalue weighted by atomic mass is 9.70. The molecule has 0 heterocycles. The van der Waals surface area contributed by atoms with Crippen LogP contribution in [0.3, 0.4) is 0 Å². The van der Waals surface area contributed by atoms with Crippen LogP contribution in [0.1, 0.15) is 56.8 Å². The SMILES string of the molecule is CC(C)C(C)C1(CNC(=O)c2ccccc2)CCCC1. The van der Waals surface area contributed by atoms with E-state index in [1.807, 2.05) is 30.3 Å². The highest BCUT2D eigenvalue weighted by molar-refractivity contribution is 5.94. The van der Waals surface area contributed by atoms with Gasteiger partial charge in [0.2, 0.25) is 0 Å². The van der Waals surface area contributed by atoms with Gasteiger partial charge in [0, 0.05) is 12.1 Å². The standard InChI is InChI=1S/C18H27NO/c1-14(2)15(3)18(11-7-8-12-18)13-19-17(20)16-9-5-4-6-10-16/h4-6,9-10,14-15H,7-8,11-13H2,1-3H3,(H,19,20). The summed E-state index contributed by atoms with van der Waals surface area (Å²) in [6.07, 6.45) is 5.11. The van der Waals surface area contributed by atoms with Crippen LogP contribution >= 0.6 is 0 Å². The summed E-state index contributed by atoms with van der Waals surface area (Å²) in [5, 5.41) is 3.18. The molecule has 110 valence electrons. The highest BCUT2D eigenvalue weighted by Crippen LogP contribution is 2.46. The van der Waals surface area contributed by atoms with Crippen molar-refractivity contribution in [2.45, 2.75) is 46.5 Å². The van der Waals surface area contributed by atoms with Crippen LogP contribution in [0.25, 0.3) is 0 Å². The first-order valence-corrected chi connectivity index (χ1v) is 7.88. The first-order valence-electron chi connectivity index (χ1n) is 7.88. The average molecular weight is 273 g/mol. The van der Waals surface area contributed by atoms with E-state index >= 15 is 0 Å². The van der Waals surface area contributed by atoms with E-state index in [0.29, 0.717) is 17.3 Å². The lowest BCUT2D eigenvalue weighted by molar-refractivity contribution is 0.0869. The molecular formula is C18H27NO. The van der Waals surface area contributed by atoms with Crippen LogP contribution in [0.2, 0.25) is 0 Å². The number of nitrogens with one attached hydrogen (secondary N) is 1. The predicted octanol–water partition coefficient (Wildman–Crippen LogP) is 4.27. The molecule has 2 heteroatoms. The van der Waals surface area contributed by atoms with E-state index in [1.165, 1.54) is 25.7 Å². The van der Waals surface area contributed by atoms with Crippen LogP contribution in [-0.4, -0.2) is 12.5 Å². The van der Waals surface area contributed by atoms with Crippen molar-refractivity contribution in [2.24, 2.45) is 17.3 Å². The van der Waals surface area contributed by atoms with Crippen LogP contribution in [0, 0.1) is 17.3 Å². The minimum Gasteiger partial charge on any atom is -0.351 e. The Bertz CT molecular complexity index is 432. The molecule has 1 saturated carbocycles. The Labute approximate surface area is 123 Å². The van der Waals surface area contributed by atoms with Crippen molar-refractivity contribution >= 4 is 5.91 Å². The van der Waals surface area contributed by atoms with Crippen molar-refractivity contribution in [3.63, 3.8) is 0 Å². The van der Waals surface area contributed by atoms with Crippen LogP contribution in [0.5, 0.6) is 0 Å². The number of amides is 1. The Morgan fingerprint density at radius 2 is 1.75 bits per heavy atom. The van der Waals surface area contributed by atoms with E-state index in [-0.39, 0.29) is 5.91 Å². The van der Waals surface area contributed by atoms with Crippen molar-refractivity contribution in [1.29, 1.82) is 0 Å². The molecule has 2 rings (SSSR count). The number of rotatable bonds is 5. The van der Waals surface area contributed by atoms with Gasteiger partial charge in [-0.3, -0.25) is 4.79 Å². The third kappa shape index (κ3) is 3.23. The maximum Gasteiger partial charge on any atom is 0.251 e. The van der Waals surface area contributed by atoms with Gasteiger partial charge in [-0.25, -0.2) is 0 Å². The molecule has 1 fully saturated rings. The molecule has 0 spiro atoms. The molecule has 1 amide bonds. The lowest BCUT2D eigenvalue weighted by Gasteiger charge is -2.38. The molecule has 1 aromatic rings. The summed E-state index contributed by atoms with van der Waals surface area (Å²) in [5.74, 6) is 1.38. The summed E-state index contributed by atoms with van der Waals surface area (Å²) >= 11 is 0. The molecule has 1 aliphatic rings. The molecule has 20 heavy (non-hydrogen) atoms. The van der Waals surface area contributed by atoms with Gasteiger partial charge in [-0.05, 0) is 42.2 Å². The minimum absolute atomic E-state index is 0.0628. The van der Waals surface area contributed by atoms with E-state index < -0.39 is 0 Å². The van der Waals surface area contributed by atoms with E-state index in [1.54, 1.807) is 0 Å². The Balaban J connectivity index is 2.01. The zero-order valence-corrected chi connectivity index (χ0v) is 13.0. The van der Waals surface area contributed by atoms with Gasteiger partial charge in [0.15, 0.2) is 0 Å². The van der Waals surface area contributed by atoms with Gasteiger partial charge in [-0.15, -0.1) is 0 Å². The summed E-state index contributed by atoms with van der Waals surface area (Å²) in [6, 6.07) is 9.52. The molecular weight excluding hydrogens is 246 g/mol. The molecule has 1 atom stereocenters. The maximum atomic E-state index is 12.2.